The molecule has 0 bridgehead atoms. The summed E-state index contributed by atoms with van der Waals surface area (Å²) in [4.78, 5) is 16.1. The smallest absolute Gasteiger partial charge is 0.320 e. The number of nitrogens with zero attached hydrogens (tertiary/aromatic N) is 5. The summed E-state index contributed by atoms with van der Waals surface area (Å²) in [6.45, 7) is 1.39. The van der Waals surface area contributed by atoms with Crippen LogP contribution in [-0.2, 0) is 12.8 Å². The van der Waals surface area contributed by atoms with Crippen LogP contribution in [0.1, 0.15) is 37.1 Å². The lowest BCUT2D eigenvalue weighted by atomic mass is 10.1. The van der Waals surface area contributed by atoms with Crippen molar-refractivity contribution in [1.82, 2.24) is 30.4 Å². The van der Waals surface area contributed by atoms with Crippen molar-refractivity contribution in [1.29, 1.82) is 0 Å². The van der Waals surface area contributed by atoms with E-state index in [1.165, 1.54) is 0 Å². The summed E-state index contributed by atoms with van der Waals surface area (Å²) in [5.74, 6) is 0.751. The minimum atomic E-state index is -0.551. The fourth-order valence-electron chi connectivity index (χ4n) is 3.63. The van der Waals surface area contributed by atoms with Crippen LogP contribution in [0.5, 0.6) is 0 Å². The normalized spacial score (nSPS) is 18.1. The van der Waals surface area contributed by atoms with Crippen LogP contribution in [0.4, 0.5) is 4.79 Å². The Hall–Kier alpha value is -2.74. The van der Waals surface area contributed by atoms with E-state index in [-0.39, 0.29) is 12.1 Å². The topological polar surface area (TPSA) is 98.2 Å². The molecule has 0 spiro atoms. The molecule has 1 aromatic heterocycles. The SMILES string of the molecule is CN1CC(C=CC(O)Cc2ccccc2)N(CCCCCCc2nn[nH]n2)C1=O. The highest BCUT2D eigenvalue weighted by Crippen LogP contribution is 2.18. The van der Waals surface area contributed by atoms with E-state index in [0.29, 0.717) is 13.0 Å². The number of aliphatic hydroxyl groups excluding tert-OH is 1. The number of aliphatic hydroxyl groups is 1. The minimum Gasteiger partial charge on any atom is -0.389 e. The monoisotopic (exact) mass is 398 g/mol. The Kier molecular flexibility index (Phi) is 7.75. The lowest BCUT2D eigenvalue weighted by Crippen LogP contribution is -2.34. The van der Waals surface area contributed by atoms with Crippen molar-refractivity contribution in [2.24, 2.45) is 0 Å². The van der Waals surface area contributed by atoms with Crippen molar-refractivity contribution < 1.29 is 9.90 Å². The Labute approximate surface area is 171 Å². The van der Waals surface area contributed by atoms with Crippen molar-refractivity contribution in [3.63, 3.8) is 0 Å². The lowest BCUT2D eigenvalue weighted by molar-refractivity contribution is 0.193. The first-order valence-corrected chi connectivity index (χ1v) is 10.3. The third-order valence-electron chi connectivity index (χ3n) is 5.22. The van der Waals surface area contributed by atoms with Crippen molar-refractivity contribution in [2.75, 3.05) is 20.1 Å². The number of aromatic nitrogens is 4. The molecule has 2 amide bonds. The van der Waals surface area contributed by atoms with Gasteiger partial charge in [0.25, 0.3) is 0 Å². The number of unbranched alkanes of at least 4 members (excludes halogenated alkanes) is 3. The number of aryl methyl sites for hydroxylation is 1. The molecule has 2 heterocycles. The zero-order valence-electron chi connectivity index (χ0n) is 16.9. The predicted molar refractivity (Wildman–Crippen MR) is 110 cm³/mol. The van der Waals surface area contributed by atoms with Crippen LogP contribution in [0.15, 0.2) is 42.5 Å². The third-order valence-corrected chi connectivity index (χ3v) is 5.22. The van der Waals surface area contributed by atoms with Gasteiger partial charge in [0.05, 0.1) is 12.1 Å². The zero-order chi connectivity index (χ0) is 20.5. The average molecular weight is 399 g/mol. The van der Waals surface area contributed by atoms with Gasteiger partial charge in [-0.15, -0.1) is 10.2 Å². The number of hydrogen-bond donors (Lipinski definition) is 2. The molecule has 1 fully saturated rings. The van der Waals surface area contributed by atoms with Gasteiger partial charge in [0.15, 0.2) is 5.82 Å². The second-order valence-corrected chi connectivity index (χ2v) is 7.56. The van der Waals surface area contributed by atoms with E-state index in [1.807, 2.05) is 54.4 Å². The molecule has 2 unspecified atom stereocenters. The standard InChI is InChI=1S/C21H30N6O2/c1-26-16-18(12-13-19(28)15-17-9-5-4-6-10-17)27(21(26)29)14-8-3-2-7-11-20-22-24-25-23-20/h4-6,9-10,12-13,18-19,28H,2-3,7-8,11,14-16H2,1H3,(H,22,23,24,25). The molecule has 1 aromatic carbocycles. The summed E-state index contributed by atoms with van der Waals surface area (Å²) in [5.41, 5.74) is 1.10. The zero-order valence-corrected chi connectivity index (χ0v) is 16.9. The van der Waals surface area contributed by atoms with Crippen LogP contribution in [-0.4, -0.2) is 73.8 Å². The van der Waals surface area contributed by atoms with Gasteiger partial charge in [0.2, 0.25) is 0 Å². The maximum absolute atomic E-state index is 12.5. The first-order valence-electron chi connectivity index (χ1n) is 10.3. The van der Waals surface area contributed by atoms with Gasteiger partial charge in [0, 0.05) is 33.0 Å². The maximum Gasteiger partial charge on any atom is 0.320 e. The summed E-state index contributed by atoms with van der Waals surface area (Å²) in [7, 11) is 1.83. The number of likely N-dealkylation sites (N-methyl/N-ethyl adjacent to an activating group) is 1. The quantitative estimate of drug-likeness (QED) is 0.447. The van der Waals surface area contributed by atoms with Crippen molar-refractivity contribution in [2.45, 2.75) is 50.7 Å². The molecule has 2 aromatic rings. The number of urea groups is 1. The van der Waals surface area contributed by atoms with Crippen molar-refractivity contribution in [3.8, 4) is 0 Å². The summed E-state index contributed by atoms with van der Waals surface area (Å²) in [6, 6.07) is 10.0. The largest absolute Gasteiger partial charge is 0.389 e. The van der Waals surface area contributed by atoms with Gasteiger partial charge in [-0.2, -0.15) is 5.21 Å². The van der Waals surface area contributed by atoms with Gasteiger partial charge < -0.3 is 14.9 Å². The number of nitrogens with one attached hydrogen (secondary N) is 1. The Balaban J connectivity index is 1.41. The second kappa shape index (κ2) is 10.7. The van der Waals surface area contributed by atoms with Crippen LogP contribution in [0.25, 0.3) is 0 Å². The van der Waals surface area contributed by atoms with E-state index in [4.69, 9.17) is 0 Å². The number of rotatable bonds is 11. The molecule has 2 atom stereocenters. The first kappa shape index (κ1) is 21.0. The summed E-state index contributed by atoms with van der Waals surface area (Å²) < 4.78 is 0. The molecule has 2 N–H and O–H groups in total. The van der Waals surface area contributed by atoms with E-state index in [1.54, 1.807) is 4.90 Å². The van der Waals surface area contributed by atoms with Gasteiger partial charge >= 0.3 is 6.03 Å². The molecule has 1 aliphatic heterocycles. The minimum absolute atomic E-state index is 0.0113. The number of amides is 2. The average Bonchev–Trinajstić information content (AvgIpc) is 3.33. The van der Waals surface area contributed by atoms with E-state index in [9.17, 15) is 9.90 Å². The maximum atomic E-state index is 12.5. The molecule has 3 rings (SSSR count). The lowest BCUT2D eigenvalue weighted by Gasteiger charge is -2.21. The number of aromatic amines is 1. The fourth-order valence-corrected chi connectivity index (χ4v) is 3.63. The third kappa shape index (κ3) is 6.39. The number of H-pyrrole nitrogens is 1. The summed E-state index contributed by atoms with van der Waals surface area (Å²) >= 11 is 0. The Morgan fingerprint density at radius 3 is 2.79 bits per heavy atom. The molecular formula is C21H30N6O2. The summed E-state index contributed by atoms with van der Waals surface area (Å²) in [5, 5.41) is 24.2. The van der Waals surface area contributed by atoms with Crippen LogP contribution in [0.3, 0.4) is 0 Å². The van der Waals surface area contributed by atoms with Gasteiger partial charge in [-0.1, -0.05) is 60.5 Å². The van der Waals surface area contributed by atoms with Gasteiger partial charge in [-0.25, -0.2) is 4.79 Å². The molecule has 8 nitrogen and oxygen atoms in total. The molecule has 1 saturated heterocycles. The predicted octanol–water partition coefficient (Wildman–Crippen LogP) is 2.20. The molecular weight excluding hydrogens is 368 g/mol. The number of tetrazole rings is 1. The highest BCUT2D eigenvalue weighted by Gasteiger charge is 2.32. The molecule has 8 heteroatoms. The van der Waals surface area contributed by atoms with E-state index < -0.39 is 6.10 Å². The van der Waals surface area contributed by atoms with Crippen LogP contribution in [0.2, 0.25) is 0 Å². The molecule has 29 heavy (non-hydrogen) atoms. The Bertz CT molecular complexity index is 765. The molecule has 1 aliphatic rings. The number of carbonyl (C=O) groups is 1. The van der Waals surface area contributed by atoms with E-state index in [2.05, 4.69) is 20.6 Å². The van der Waals surface area contributed by atoms with Crippen molar-refractivity contribution >= 4 is 6.03 Å². The summed E-state index contributed by atoms with van der Waals surface area (Å²) in [6.07, 6.45) is 8.76. The Morgan fingerprint density at radius 1 is 1.24 bits per heavy atom. The Morgan fingerprint density at radius 2 is 2.03 bits per heavy atom. The first-order chi connectivity index (χ1) is 14.1. The highest BCUT2D eigenvalue weighted by atomic mass is 16.3. The number of hydrogen-bond acceptors (Lipinski definition) is 5. The number of benzene rings is 1. The van der Waals surface area contributed by atoms with Crippen LogP contribution < -0.4 is 0 Å². The fraction of sp³-hybridized carbons (Fsp3) is 0.524. The highest BCUT2D eigenvalue weighted by molar-refractivity contribution is 5.77. The molecule has 0 aliphatic carbocycles. The van der Waals surface area contributed by atoms with E-state index >= 15 is 0 Å². The van der Waals surface area contributed by atoms with Gasteiger partial charge in [0.1, 0.15) is 0 Å². The van der Waals surface area contributed by atoms with Crippen LogP contribution in [0, 0.1) is 0 Å². The molecule has 0 radical (unpaired) electrons. The van der Waals surface area contributed by atoms with Crippen LogP contribution >= 0.6 is 0 Å². The van der Waals surface area contributed by atoms with Gasteiger partial charge in [-0.05, 0) is 18.4 Å². The van der Waals surface area contributed by atoms with E-state index in [0.717, 1.165) is 50.0 Å². The second-order valence-electron chi connectivity index (χ2n) is 7.56. The molecule has 0 saturated carbocycles. The van der Waals surface area contributed by atoms with Crippen molar-refractivity contribution in [3.05, 3.63) is 53.9 Å². The number of carbonyl (C=O) groups excluding carboxylic acids is 1. The van der Waals surface area contributed by atoms with Gasteiger partial charge in [-0.3, -0.25) is 0 Å². The molecule has 156 valence electrons.